The smallest absolute Gasteiger partial charge is 0.151 e. The second-order valence-electron chi connectivity index (χ2n) is 14.5. The van der Waals surface area contributed by atoms with Crippen LogP contribution in [0.3, 0.4) is 0 Å². The van der Waals surface area contributed by atoms with E-state index in [1.165, 1.54) is 41.7 Å². The third-order valence-electron chi connectivity index (χ3n) is 11.3. The van der Waals surface area contributed by atoms with Gasteiger partial charge in [-0.15, -0.1) is 11.3 Å². The van der Waals surface area contributed by atoms with Gasteiger partial charge >= 0.3 is 0 Å². The standard InChI is InChI=1S/C50H28N2O3S/c1-5-13-42-38(9-1)51(39-10-2-6-14-43(39)53-42)33-20-18-30-26-37-47(27-31(30)23-33)55-46-22-21-35-36-25-29-17-19-34(24-32(29)28-48(36)56-50(35)49(37)46)52-40-11-3-7-15-44(40)54-45-16-8-4-12-41(45)52/h1-28H. The van der Waals surface area contributed by atoms with Gasteiger partial charge < -0.3 is 23.7 Å². The lowest BCUT2D eigenvalue weighted by molar-refractivity contribution is 0.477. The first-order valence-electron chi connectivity index (χ1n) is 18.7. The van der Waals surface area contributed by atoms with Gasteiger partial charge in [-0.25, -0.2) is 0 Å². The Morgan fingerprint density at radius 3 is 1.43 bits per heavy atom. The van der Waals surface area contributed by atoms with Crippen LogP contribution in [0.15, 0.2) is 174 Å². The molecule has 0 bridgehead atoms. The van der Waals surface area contributed by atoms with Crippen LogP contribution in [-0.4, -0.2) is 0 Å². The Labute approximate surface area is 324 Å². The van der Waals surface area contributed by atoms with Crippen LogP contribution >= 0.6 is 11.3 Å². The van der Waals surface area contributed by atoms with Gasteiger partial charge in [0.05, 0.1) is 22.7 Å². The SMILES string of the molecule is c1ccc2c(c1)Oc1ccccc1N2c1ccc2cc3c(cc2c1)oc1ccc2c4cc5ccc(N6c7ccccc7Oc7ccccc76)cc5cc4sc2c13. The van der Waals surface area contributed by atoms with Crippen molar-refractivity contribution < 1.29 is 13.9 Å². The molecule has 4 heterocycles. The summed E-state index contributed by atoms with van der Waals surface area (Å²) >= 11 is 1.85. The maximum absolute atomic E-state index is 6.64. The summed E-state index contributed by atoms with van der Waals surface area (Å²) in [6.45, 7) is 0. The Balaban J connectivity index is 0.949. The fourth-order valence-corrected chi connectivity index (χ4v) is 10.1. The average Bonchev–Trinajstić information content (AvgIpc) is 3.79. The highest BCUT2D eigenvalue weighted by molar-refractivity contribution is 7.26. The molecule has 2 aliphatic rings. The lowest BCUT2D eigenvalue weighted by Gasteiger charge is -2.32. The minimum absolute atomic E-state index is 0.841. The monoisotopic (exact) mass is 736 g/mol. The van der Waals surface area contributed by atoms with Crippen LogP contribution in [0.5, 0.6) is 23.0 Å². The fourth-order valence-electron chi connectivity index (χ4n) is 8.80. The highest BCUT2D eigenvalue weighted by Crippen LogP contribution is 2.53. The van der Waals surface area contributed by atoms with Crippen LogP contribution in [-0.2, 0) is 0 Å². The third kappa shape index (κ3) is 4.24. The summed E-state index contributed by atoms with van der Waals surface area (Å²) < 4.78 is 21.7. The molecule has 2 aromatic heterocycles. The molecule has 0 spiro atoms. The van der Waals surface area contributed by atoms with Crippen LogP contribution in [0.25, 0.3) is 63.7 Å². The Morgan fingerprint density at radius 1 is 0.375 bits per heavy atom. The molecule has 0 aliphatic carbocycles. The van der Waals surface area contributed by atoms with Gasteiger partial charge in [0.1, 0.15) is 11.2 Å². The summed E-state index contributed by atoms with van der Waals surface area (Å²) in [5.74, 6) is 3.38. The normalized spacial score (nSPS) is 13.2. The number of ether oxygens (including phenoxy) is 2. The Morgan fingerprint density at radius 2 is 0.875 bits per heavy atom. The van der Waals surface area contributed by atoms with Crippen LogP contribution in [0.4, 0.5) is 34.1 Å². The molecule has 5 nitrogen and oxygen atoms in total. The van der Waals surface area contributed by atoms with E-state index in [2.05, 4.69) is 131 Å². The van der Waals surface area contributed by atoms with Crippen molar-refractivity contribution in [2.24, 2.45) is 0 Å². The van der Waals surface area contributed by atoms with E-state index in [1.54, 1.807) is 0 Å². The summed E-state index contributed by atoms with van der Waals surface area (Å²) in [4.78, 5) is 4.58. The molecule has 262 valence electrons. The summed E-state index contributed by atoms with van der Waals surface area (Å²) in [5.41, 5.74) is 8.06. The zero-order chi connectivity index (χ0) is 36.5. The van der Waals surface area contributed by atoms with Gasteiger partial charge in [-0.1, -0.05) is 60.7 Å². The van der Waals surface area contributed by atoms with Gasteiger partial charge in [-0.05, 0) is 131 Å². The van der Waals surface area contributed by atoms with Gasteiger partial charge in [0.15, 0.2) is 23.0 Å². The van der Waals surface area contributed by atoms with Crippen LogP contribution in [0, 0.1) is 0 Å². The number of rotatable bonds is 2. The predicted octanol–water partition coefficient (Wildman–Crippen LogP) is 15.4. The molecule has 56 heavy (non-hydrogen) atoms. The first kappa shape index (κ1) is 30.1. The van der Waals surface area contributed by atoms with E-state index < -0.39 is 0 Å². The number of furan rings is 1. The Hall–Kier alpha value is -7.28. The van der Waals surface area contributed by atoms with Crippen LogP contribution in [0.2, 0.25) is 0 Å². The third-order valence-corrected chi connectivity index (χ3v) is 12.5. The average molecular weight is 737 g/mol. The van der Waals surface area contributed by atoms with E-state index in [0.717, 1.165) is 79.1 Å². The molecule has 0 unspecified atom stereocenters. The number of fused-ring (bicyclic) bond motifs is 13. The number of hydrogen-bond acceptors (Lipinski definition) is 6. The van der Waals surface area contributed by atoms with Crippen molar-refractivity contribution in [2.75, 3.05) is 9.80 Å². The zero-order valence-electron chi connectivity index (χ0n) is 29.7. The van der Waals surface area contributed by atoms with Crippen molar-refractivity contribution in [3.63, 3.8) is 0 Å². The van der Waals surface area contributed by atoms with E-state index in [4.69, 9.17) is 13.9 Å². The Kier molecular flexibility index (Phi) is 5.98. The first-order valence-corrected chi connectivity index (χ1v) is 19.5. The molecule has 9 aromatic carbocycles. The first-order chi connectivity index (χ1) is 27.7. The number of para-hydroxylation sites is 8. The largest absolute Gasteiger partial charge is 0.456 e. The number of thiophene rings is 1. The Bertz CT molecular complexity index is 3380. The molecule has 0 amide bonds. The number of benzene rings is 9. The molecule has 0 saturated heterocycles. The molecule has 0 fully saturated rings. The van der Waals surface area contributed by atoms with Gasteiger partial charge in [-0.2, -0.15) is 0 Å². The van der Waals surface area contributed by atoms with Crippen LogP contribution < -0.4 is 19.3 Å². The molecule has 0 saturated carbocycles. The highest BCUT2D eigenvalue weighted by atomic mass is 32.1. The topological polar surface area (TPSA) is 38.1 Å². The molecule has 0 atom stereocenters. The number of hydrogen-bond donors (Lipinski definition) is 0. The van der Waals surface area contributed by atoms with Crippen molar-refractivity contribution in [3.8, 4) is 23.0 Å². The number of nitrogens with zero attached hydrogens (tertiary/aromatic N) is 2. The lowest BCUT2D eigenvalue weighted by Crippen LogP contribution is -2.15. The summed E-state index contributed by atoms with van der Waals surface area (Å²) in [6.07, 6.45) is 0. The van der Waals surface area contributed by atoms with Gasteiger partial charge in [0, 0.05) is 42.3 Å². The van der Waals surface area contributed by atoms with Crippen LogP contribution in [0.1, 0.15) is 0 Å². The maximum Gasteiger partial charge on any atom is 0.151 e. The summed E-state index contributed by atoms with van der Waals surface area (Å²) in [6, 6.07) is 59.9. The molecule has 11 aromatic rings. The zero-order valence-corrected chi connectivity index (χ0v) is 30.5. The second-order valence-corrected chi connectivity index (χ2v) is 15.6. The summed E-state index contributed by atoms with van der Waals surface area (Å²) in [5, 5.41) is 9.52. The van der Waals surface area contributed by atoms with Crippen molar-refractivity contribution >= 4 is 109 Å². The van der Waals surface area contributed by atoms with Gasteiger partial charge in [0.25, 0.3) is 0 Å². The molecular formula is C50H28N2O3S. The van der Waals surface area contributed by atoms with E-state index in [1.807, 2.05) is 59.9 Å². The quantitative estimate of drug-likeness (QED) is 0.177. The van der Waals surface area contributed by atoms with Crippen molar-refractivity contribution in [3.05, 3.63) is 170 Å². The molecule has 6 heteroatoms. The molecule has 0 radical (unpaired) electrons. The lowest BCUT2D eigenvalue weighted by atomic mass is 10.0. The molecule has 2 aliphatic heterocycles. The fraction of sp³-hybridized carbons (Fsp3) is 0. The van der Waals surface area contributed by atoms with Gasteiger partial charge in [-0.3, -0.25) is 0 Å². The minimum atomic E-state index is 0.841. The number of anilines is 6. The molecular weight excluding hydrogens is 709 g/mol. The van der Waals surface area contributed by atoms with E-state index in [-0.39, 0.29) is 0 Å². The van der Waals surface area contributed by atoms with E-state index >= 15 is 0 Å². The molecule has 13 rings (SSSR count). The van der Waals surface area contributed by atoms with Crippen molar-refractivity contribution in [1.29, 1.82) is 0 Å². The molecule has 0 N–H and O–H groups in total. The maximum atomic E-state index is 6.64. The van der Waals surface area contributed by atoms with Gasteiger partial charge in [0.2, 0.25) is 0 Å². The van der Waals surface area contributed by atoms with Crippen molar-refractivity contribution in [1.82, 2.24) is 0 Å². The summed E-state index contributed by atoms with van der Waals surface area (Å²) in [7, 11) is 0. The van der Waals surface area contributed by atoms with E-state index in [0.29, 0.717) is 0 Å². The predicted molar refractivity (Wildman–Crippen MR) is 231 cm³/mol. The minimum Gasteiger partial charge on any atom is -0.456 e. The second kappa shape index (κ2) is 11.1. The van der Waals surface area contributed by atoms with E-state index in [9.17, 15) is 0 Å². The highest BCUT2D eigenvalue weighted by Gasteiger charge is 2.27. The van der Waals surface area contributed by atoms with Crippen molar-refractivity contribution in [2.45, 2.75) is 0 Å².